The van der Waals surface area contributed by atoms with Gasteiger partial charge in [0, 0.05) is 25.0 Å². The second kappa shape index (κ2) is 5.77. The monoisotopic (exact) mass is 315 g/mol. The number of hydrogen-bond acceptors (Lipinski definition) is 4. The maximum absolute atomic E-state index is 13.8. The topological polar surface area (TPSA) is 58.4 Å². The Bertz CT molecular complexity index is 722. The first-order valence-electron chi connectivity index (χ1n) is 7.93. The van der Waals surface area contributed by atoms with Crippen LogP contribution in [0.3, 0.4) is 0 Å². The van der Waals surface area contributed by atoms with E-state index >= 15 is 0 Å². The van der Waals surface area contributed by atoms with Crippen LogP contribution in [-0.2, 0) is 0 Å². The van der Waals surface area contributed by atoms with Crippen molar-refractivity contribution in [3.63, 3.8) is 0 Å². The Kier molecular flexibility index (Phi) is 3.61. The molecule has 2 aromatic heterocycles. The molecule has 3 fully saturated rings. The van der Waals surface area contributed by atoms with Crippen molar-refractivity contribution < 1.29 is 13.6 Å². The molecule has 5 nitrogen and oxygen atoms in total. The van der Waals surface area contributed by atoms with Crippen LogP contribution in [0.25, 0.3) is 11.3 Å². The quantitative estimate of drug-likeness (QED) is 0.944. The third-order valence-corrected chi connectivity index (χ3v) is 4.84. The molecule has 3 aliphatic heterocycles. The molecule has 5 rings (SSSR count). The summed E-state index contributed by atoms with van der Waals surface area (Å²) in [5, 5.41) is 3.06. The number of rotatable bonds is 3. The van der Waals surface area contributed by atoms with Gasteiger partial charge in [-0.2, -0.15) is 0 Å². The number of nitrogens with one attached hydrogen (secondary N) is 1. The van der Waals surface area contributed by atoms with E-state index in [-0.39, 0.29) is 23.3 Å². The normalized spacial score (nSPS) is 26.2. The van der Waals surface area contributed by atoms with Gasteiger partial charge in [0.25, 0.3) is 5.91 Å². The average molecular weight is 315 g/mol. The second-order valence-corrected chi connectivity index (χ2v) is 6.24. The molecule has 0 radical (unpaired) electrons. The summed E-state index contributed by atoms with van der Waals surface area (Å²) in [5.74, 6) is 0.418. The van der Waals surface area contributed by atoms with Crippen molar-refractivity contribution in [3.05, 3.63) is 42.2 Å². The van der Waals surface area contributed by atoms with E-state index in [1.165, 1.54) is 18.5 Å². The molecule has 0 saturated carbocycles. The first-order chi connectivity index (χ1) is 11.2. The molecule has 120 valence electrons. The minimum absolute atomic E-state index is 0.175. The van der Waals surface area contributed by atoms with E-state index in [1.807, 2.05) is 0 Å². The van der Waals surface area contributed by atoms with Crippen LogP contribution in [0.2, 0.25) is 0 Å². The standard InChI is InChI=1S/C17H18FN3O2/c18-13-3-6-19-9-12(13)15-1-2-16(23-15)17(22)20-14-10-21-7-4-11(14)5-8-21/h1-3,6,9,11,14H,4-5,7-8,10H2,(H,20,22)/t14-/m0/s1. The number of carbonyl (C=O) groups excluding carboxylic acids is 1. The number of hydrogen-bond donors (Lipinski definition) is 1. The molecule has 0 unspecified atom stereocenters. The number of halogens is 1. The summed E-state index contributed by atoms with van der Waals surface area (Å²) < 4.78 is 19.3. The lowest BCUT2D eigenvalue weighted by molar-refractivity contribution is 0.0606. The Balaban J connectivity index is 1.48. The Morgan fingerprint density at radius 2 is 2.13 bits per heavy atom. The van der Waals surface area contributed by atoms with Crippen LogP contribution < -0.4 is 5.32 Å². The second-order valence-electron chi connectivity index (χ2n) is 6.24. The summed E-state index contributed by atoms with van der Waals surface area (Å²) in [4.78, 5) is 18.7. The van der Waals surface area contributed by atoms with Crippen molar-refractivity contribution in [2.45, 2.75) is 18.9 Å². The SMILES string of the molecule is O=C(N[C@H]1CN2CCC1CC2)c1ccc(-c2cnccc2F)o1. The molecule has 5 heterocycles. The molecule has 0 aromatic carbocycles. The van der Waals surface area contributed by atoms with Crippen molar-refractivity contribution >= 4 is 5.91 Å². The minimum atomic E-state index is -0.418. The predicted molar refractivity (Wildman–Crippen MR) is 82.3 cm³/mol. The van der Waals surface area contributed by atoms with E-state index in [0.29, 0.717) is 11.7 Å². The van der Waals surface area contributed by atoms with E-state index in [4.69, 9.17) is 4.42 Å². The average Bonchev–Trinajstić information content (AvgIpc) is 3.06. The van der Waals surface area contributed by atoms with Crippen molar-refractivity contribution in [3.8, 4) is 11.3 Å². The zero-order valence-corrected chi connectivity index (χ0v) is 12.7. The fraction of sp³-hybridized carbons (Fsp3) is 0.412. The maximum atomic E-state index is 13.8. The number of amides is 1. The van der Waals surface area contributed by atoms with Gasteiger partial charge in [-0.15, -0.1) is 0 Å². The van der Waals surface area contributed by atoms with Gasteiger partial charge < -0.3 is 14.6 Å². The third-order valence-electron chi connectivity index (χ3n) is 4.84. The van der Waals surface area contributed by atoms with Crippen LogP contribution in [0.1, 0.15) is 23.4 Å². The third kappa shape index (κ3) is 2.74. The summed E-state index contributed by atoms with van der Waals surface area (Å²) in [6.07, 6.45) is 5.04. The van der Waals surface area contributed by atoms with Crippen molar-refractivity contribution in [2.24, 2.45) is 5.92 Å². The van der Waals surface area contributed by atoms with E-state index in [0.717, 1.165) is 32.5 Å². The summed E-state index contributed by atoms with van der Waals surface area (Å²) in [7, 11) is 0. The molecule has 3 aliphatic rings. The van der Waals surface area contributed by atoms with Crippen LogP contribution in [0.5, 0.6) is 0 Å². The van der Waals surface area contributed by atoms with Gasteiger partial charge in [0.1, 0.15) is 11.6 Å². The summed E-state index contributed by atoms with van der Waals surface area (Å²) in [5.41, 5.74) is 0.259. The fourth-order valence-electron chi connectivity index (χ4n) is 3.53. The Labute approximate surface area is 133 Å². The molecule has 2 aromatic rings. The van der Waals surface area contributed by atoms with Crippen molar-refractivity contribution in [1.29, 1.82) is 0 Å². The van der Waals surface area contributed by atoms with Gasteiger partial charge in [-0.1, -0.05) is 0 Å². The summed E-state index contributed by atoms with van der Waals surface area (Å²) in [6.45, 7) is 3.16. The number of carbonyl (C=O) groups is 1. The van der Waals surface area contributed by atoms with Gasteiger partial charge in [0.2, 0.25) is 0 Å². The van der Waals surface area contributed by atoms with Gasteiger partial charge in [-0.3, -0.25) is 9.78 Å². The Morgan fingerprint density at radius 1 is 1.30 bits per heavy atom. The number of fused-ring (bicyclic) bond motifs is 3. The highest BCUT2D eigenvalue weighted by atomic mass is 19.1. The number of aromatic nitrogens is 1. The van der Waals surface area contributed by atoms with Crippen molar-refractivity contribution in [2.75, 3.05) is 19.6 Å². The fourth-order valence-corrected chi connectivity index (χ4v) is 3.53. The number of pyridine rings is 1. The zero-order chi connectivity index (χ0) is 15.8. The number of furan rings is 1. The Hall–Kier alpha value is -2.21. The molecule has 23 heavy (non-hydrogen) atoms. The highest BCUT2D eigenvalue weighted by Crippen LogP contribution is 2.28. The van der Waals surface area contributed by atoms with Crippen LogP contribution in [-0.4, -0.2) is 41.5 Å². The predicted octanol–water partition coefficient (Wildman–Crippen LogP) is 2.30. The van der Waals surface area contributed by atoms with E-state index in [1.54, 1.807) is 12.1 Å². The molecular weight excluding hydrogens is 297 g/mol. The minimum Gasteiger partial charge on any atom is -0.451 e. The van der Waals surface area contributed by atoms with Gasteiger partial charge >= 0.3 is 0 Å². The highest BCUT2D eigenvalue weighted by Gasteiger charge is 2.35. The molecule has 2 bridgehead atoms. The van der Waals surface area contributed by atoms with Crippen molar-refractivity contribution in [1.82, 2.24) is 15.2 Å². The molecular formula is C17H18FN3O2. The van der Waals surface area contributed by atoms with Crippen LogP contribution in [0.4, 0.5) is 4.39 Å². The van der Waals surface area contributed by atoms with Crippen LogP contribution in [0.15, 0.2) is 35.0 Å². The van der Waals surface area contributed by atoms with Gasteiger partial charge in [-0.25, -0.2) is 4.39 Å². The molecule has 6 heteroatoms. The lowest BCUT2D eigenvalue weighted by Crippen LogP contribution is -2.57. The first kappa shape index (κ1) is 14.4. The zero-order valence-electron chi connectivity index (χ0n) is 12.7. The molecule has 1 amide bonds. The Morgan fingerprint density at radius 3 is 2.83 bits per heavy atom. The summed E-state index contributed by atoms with van der Waals surface area (Å²) in [6, 6.07) is 4.63. The molecule has 1 N–H and O–H groups in total. The number of nitrogens with zero attached hydrogens (tertiary/aromatic N) is 2. The van der Waals surface area contributed by atoms with Gasteiger partial charge in [0.15, 0.2) is 5.76 Å². The first-order valence-corrected chi connectivity index (χ1v) is 7.93. The lowest BCUT2D eigenvalue weighted by atomic mass is 9.84. The lowest BCUT2D eigenvalue weighted by Gasteiger charge is -2.44. The molecule has 0 aliphatic carbocycles. The largest absolute Gasteiger partial charge is 0.451 e. The molecule has 1 atom stereocenters. The van der Waals surface area contributed by atoms with E-state index in [9.17, 15) is 9.18 Å². The van der Waals surface area contributed by atoms with Crippen LogP contribution in [0, 0.1) is 11.7 Å². The van der Waals surface area contributed by atoms with Gasteiger partial charge in [0.05, 0.1) is 5.56 Å². The summed E-state index contributed by atoms with van der Waals surface area (Å²) >= 11 is 0. The van der Waals surface area contributed by atoms with Crippen LogP contribution >= 0.6 is 0 Å². The molecule has 0 spiro atoms. The smallest absolute Gasteiger partial charge is 0.287 e. The van der Waals surface area contributed by atoms with E-state index < -0.39 is 5.82 Å². The number of piperidine rings is 3. The van der Waals surface area contributed by atoms with Gasteiger partial charge in [-0.05, 0) is 50.0 Å². The highest BCUT2D eigenvalue weighted by molar-refractivity contribution is 5.92. The van der Waals surface area contributed by atoms with E-state index in [2.05, 4.69) is 15.2 Å². The molecule has 3 saturated heterocycles. The maximum Gasteiger partial charge on any atom is 0.287 e.